The number of benzene rings is 2. The van der Waals surface area contributed by atoms with Crippen molar-refractivity contribution in [3.05, 3.63) is 63.6 Å². The molecule has 0 saturated carbocycles. The summed E-state index contributed by atoms with van der Waals surface area (Å²) in [6.45, 7) is 6.15. The number of carbonyl (C=O) groups is 1. The zero-order valence-corrected chi connectivity index (χ0v) is 13.4. The van der Waals surface area contributed by atoms with Crippen LogP contribution in [0.2, 0.25) is 0 Å². The summed E-state index contributed by atoms with van der Waals surface area (Å²) in [5, 5.41) is 0. The molecular weight excluding hydrogens is 316 g/mol. The Morgan fingerprint density at radius 1 is 1.15 bits per heavy atom. The van der Waals surface area contributed by atoms with Crippen LogP contribution in [-0.4, -0.2) is 5.97 Å². The van der Waals surface area contributed by atoms with E-state index >= 15 is 0 Å². The highest BCUT2D eigenvalue weighted by molar-refractivity contribution is 9.10. The molecule has 3 heteroatoms. The Labute approximate surface area is 127 Å². The van der Waals surface area contributed by atoms with Gasteiger partial charge in [-0.2, -0.15) is 0 Å². The molecule has 0 aromatic heterocycles. The summed E-state index contributed by atoms with van der Waals surface area (Å²) in [6, 6.07) is 13.2. The third-order valence-electron chi connectivity index (χ3n) is 3.09. The summed E-state index contributed by atoms with van der Waals surface area (Å²) in [7, 11) is 0. The first-order valence-electron chi connectivity index (χ1n) is 6.56. The number of rotatable bonds is 3. The van der Waals surface area contributed by atoms with Gasteiger partial charge in [0.2, 0.25) is 0 Å². The summed E-state index contributed by atoms with van der Waals surface area (Å²) >= 11 is 3.37. The van der Waals surface area contributed by atoms with E-state index in [4.69, 9.17) is 4.74 Å². The number of carbonyl (C=O) groups excluding carboxylic acids is 1. The average Bonchev–Trinajstić information content (AvgIpc) is 2.38. The highest BCUT2D eigenvalue weighted by Gasteiger charge is 2.15. The third-order valence-corrected chi connectivity index (χ3v) is 3.78. The predicted octanol–water partition coefficient (Wildman–Crippen LogP) is 5.10. The van der Waals surface area contributed by atoms with Gasteiger partial charge in [-0.05, 0) is 58.1 Å². The summed E-state index contributed by atoms with van der Waals surface area (Å²) in [6.07, 6.45) is 0. The summed E-state index contributed by atoms with van der Waals surface area (Å²) < 4.78 is 6.33. The molecule has 0 aliphatic rings. The molecule has 0 spiro atoms. The second-order valence-electron chi connectivity index (χ2n) is 5.07. The highest BCUT2D eigenvalue weighted by Crippen LogP contribution is 2.29. The fourth-order valence-corrected chi connectivity index (χ4v) is 2.44. The van der Waals surface area contributed by atoms with Crippen molar-refractivity contribution in [3.63, 3.8) is 0 Å². The molecule has 0 bridgehead atoms. The Bertz CT molecular complexity index is 633. The Hall–Kier alpha value is -1.61. The lowest BCUT2D eigenvalue weighted by atomic mass is 10.0. The Morgan fingerprint density at radius 2 is 1.85 bits per heavy atom. The molecule has 2 aromatic rings. The number of aryl methyl sites for hydroxylation is 1. The van der Waals surface area contributed by atoms with E-state index in [1.165, 1.54) is 0 Å². The molecule has 0 N–H and O–H groups in total. The lowest BCUT2D eigenvalue weighted by Crippen LogP contribution is -2.11. The summed E-state index contributed by atoms with van der Waals surface area (Å²) in [5.41, 5.74) is 2.64. The fourth-order valence-electron chi connectivity index (χ4n) is 1.99. The average molecular weight is 333 g/mol. The van der Waals surface area contributed by atoms with Crippen LogP contribution in [0.15, 0.2) is 46.9 Å². The molecular formula is C17H17BrO2. The standard InChI is InChI=1S/C17H17BrO2/c1-11(2)13-9-8-12(3)10-16(13)20-17(19)14-6-4-5-7-15(14)18/h4-11H,1-3H3. The quantitative estimate of drug-likeness (QED) is 0.577. The minimum atomic E-state index is -0.343. The van der Waals surface area contributed by atoms with Gasteiger partial charge >= 0.3 is 5.97 Å². The van der Waals surface area contributed by atoms with E-state index < -0.39 is 0 Å². The molecule has 0 atom stereocenters. The van der Waals surface area contributed by atoms with Crippen LogP contribution >= 0.6 is 15.9 Å². The van der Waals surface area contributed by atoms with Crippen molar-refractivity contribution in [1.82, 2.24) is 0 Å². The van der Waals surface area contributed by atoms with Crippen molar-refractivity contribution < 1.29 is 9.53 Å². The molecule has 0 fully saturated rings. The molecule has 2 nitrogen and oxygen atoms in total. The van der Waals surface area contributed by atoms with Gasteiger partial charge in [0.05, 0.1) is 5.56 Å². The van der Waals surface area contributed by atoms with Crippen LogP contribution in [0.5, 0.6) is 5.75 Å². The van der Waals surface area contributed by atoms with Gasteiger partial charge < -0.3 is 4.74 Å². The molecule has 0 aliphatic carbocycles. The monoisotopic (exact) mass is 332 g/mol. The van der Waals surface area contributed by atoms with Gasteiger partial charge in [0, 0.05) is 4.47 Å². The molecule has 0 radical (unpaired) electrons. The molecule has 2 aromatic carbocycles. The van der Waals surface area contributed by atoms with E-state index in [0.29, 0.717) is 17.2 Å². The SMILES string of the molecule is Cc1ccc(C(C)C)c(OC(=O)c2ccccc2Br)c1. The number of halogens is 1. The van der Waals surface area contributed by atoms with Crippen molar-refractivity contribution in [3.8, 4) is 5.75 Å². The van der Waals surface area contributed by atoms with E-state index in [2.05, 4.69) is 29.8 Å². The van der Waals surface area contributed by atoms with Gasteiger partial charge in [0.1, 0.15) is 5.75 Å². The maximum absolute atomic E-state index is 12.3. The van der Waals surface area contributed by atoms with Crippen LogP contribution in [0, 0.1) is 6.92 Å². The first-order valence-corrected chi connectivity index (χ1v) is 7.35. The minimum absolute atomic E-state index is 0.303. The molecule has 0 amide bonds. The molecule has 20 heavy (non-hydrogen) atoms. The zero-order valence-electron chi connectivity index (χ0n) is 11.8. The summed E-state index contributed by atoms with van der Waals surface area (Å²) in [5.74, 6) is 0.600. The van der Waals surface area contributed by atoms with Crippen LogP contribution in [0.1, 0.15) is 41.3 Å². The van der Waals surface area contributed by atoms with Crippen LogP contribution in [0.3, 0.4) is 0 Å². The van der Waals surface area contributed by atoms with Gasteiger partial charge in [-0.3, -0.25) is 0 Å². The molecule has 0 unspecified atom stereocenters. The van der Waals surface area contributed by atoms with Crippen molar-refractivity contribution in [2.75, 3.05) is 0 Å². The number of ether oxygens (including phenoxy) is 1. The minimum Gasteiger partial charge on any atom is -0.423 e. The third kappa shape index (κ3) is 3.28. The normalized spacial score (nSPS) is 10.7. The van der Waals surface area contributed by atoms with Crippen LogP contribution < -0.4 is 4.74 Å². The van der Waals surface area contributed by atoms with Gasteiger partial charge in [-0.15, -0.1) is 0 Å². The second-order valence-corrected chi connectivity index (χ2v) is 5.92. The van der Waals surface area contributed by atoms with Crippen LogP contribution in [0.4, 0.5) is 0 Å². The molecule has 0 heterocycles. The van der Waals surface area contributed by atoms with Gasteiger partial charge in [0.15, 0.2) is 0 Å². The largest absolute Gasteiger partial charge is 0.423 e. The number of esters is 1. The van der Waals surface area contributed by atoms with E-state index in [9.17, 15) is 4.79 Å². The van der Waals surface area contributed by atoms with Gasteiger partial charge in [-0.1, -0.05) is 38.1 Å². The Balaban J connectivity index is 2.33. The van der Waals surface area contributed by atoms with Crippen LogP contribution in [-0.2, 0) is 0 Å². The van der Waals surface area contributed by atoms with Crippen LogP contribution in [0.25, 0.3) is 0 Å². The van der Waals surface area contributed by atoms with Crippen molar-refractivity contribution in [1.29, 1.82) is 0 Å². The summed E-state index contributed by atoms with van der Waals surface area (Å²) in [4.78, 5) is 12.3. The van der Waals surface area contributed by atoms with E-state index in [1.807, 2.05) is 43.3 Å². The lowest BCUT2D eigenvalue weighted by molar-refractivity contribution is 0.0732. The maximum atomic E-state index is 12.3. The second kappa shape index (κ2) is 6.23. The fraction of sp³-hybridized carbons (Fsp3) is 0.235. The van der Waals surface area contributed by atoms with E-state index in [0.717, 1.165) is 15.6 Å². The van der Waals surface area contributed by atoms with Crippen molar-refractivity contribution >= 4 is 21.9 Å². The van der Waals surface area contributed by atoms with E-state index in [-0.39, 0.29) is 5.97 Å². The Morgan fingerprint density at radius 3 is 2.50 bits per heavy atom. The number of hydrogen-bond donors (Lipinski definition) is 0. The first-order chi connectivity index (χ1) is 9.49. The maximum Gasteiger partial charge on any atom is 0.344 e. The van der Waals surface area contributed by atoms with Gasteiger partial charge in [0.25, 0.3) is 0 Å². The van der Waals surface area contributed by atoms with Crippen molar-refractivity contribution in [2.45, 2.75) is 26.7 Å². The first kappa shape index (κ1) is 14.8. The number of hydrogen-bond acceptors (Lipinski definition) is 2. The molecule has 0 saturated heterocycles. The molecule has 104 valence electrons. The molecule has 0 aliphatic heterocycles. The van der Waals surface area contributed by atoms with Crippen molar-refractivity contribution in [2.24, 2.45) is 0 Å². The lowest BCUT2D eigenvalue weighted by Gasteiger charge is -2.14. The smallest absolute Gasteiger partial charge is 0.344 e. The zero-order chi connectivity index (χ0) is 14.7. The van der Waals surface area contributed by atoms with Gasteiger partial charge in [-0.25, -0.2) is 4.79 Å². The topological polar surface area (TPSA) is 26.3 Å². The van der Waals surface area contributed by atoms with E-state index in [1.54, 1.807) is 6.07 Å². The molecule has 2 rings (SSSR count). The predicted molar refractivity (Wildman–Crippen MR) is 84.4 cm³/mol. The highest BCUT2D eigenvalue weighted by atomic mass is 79.9. The Kier molecular flexibility index (Phi) is 4.61.